The van der Waals surface area contributed by atoms with Crippen molar-refractivity contribution in [3.63, 3.8) is 0 Å². The number of aryl methyl sites for hydroxylation is 2. The van der Waals surface area contributed by atoms with Crippen LogP contribution in [0, 0.1) is 24.0 Å². The number of alkyl halides is 3. The average Bonchev–Trinajstić information content (AvgIpc) is 2.52. The molecule has 0 aliphatic carbocycles. The van der Waals surface area contributed by atoms with E-state index < -0.39 is 39.4 Å². The molecular weight excluding hydrogens is 341 g/mol. The molecule has 0 saturated carbocycles. The first kappa shape index (κ1) is 18.4. The van der Waals surface area contributed by atoms with E-state index in [1.165, 1.54) is 19.9 Å². The summed E-state index contributed by atoms with van der Waals surface area (Å²) in [6, 6.07) is 4.35. The Kier molecular flexibility index (Phi) is 4.78. The van der Waals surface area contributed by atoms with Crippen LogP contribution in [0.15, 0.2) is 24.3 Å². The molecule has 132 valence electrons. The number of nitrogens with zero attached hydrogens (tertiary/aromatic N) is 2. The van der Waals surface area contributed by atoms with Gasteiger partial charge in [0.25, 0.3) is 5.69 Å². The van der Waals surface area contributed by atoms with Crippen LogP contribution >= 0.6 is 0 Å². The summed E-state index contributed by atoms with van der Waals surface area (Å²) in [6.07, 6.45) is -4.76. The highest BCUT2D eigenvalue weighted by Gasteiger charge is 2.38. The van der Waals surface area contributed by atoms with Gasteiger partial charge in [-0.25, -0.2) is 4.79 Å². The topological polar surface area (TPSA) is 82.3 Å². The van der Waals surface area contributed by atoms with Crippen molar-refractivity contribution in [2.45, 2.75) is 20.0 Å². The number of benzene rings is 1. The van der Waals surface area contributed by atoms with E-state index in [2.05, 4.69) is 9.72 Å². The summed E-state index contributed by atoms with van der Waals surface area (Å²) >= 11 is 0. The van der Waals surface area contributed by atoms with Crippen molar-refractivity contribution in [2.75, 3.05) is 7.11 Å². The Bertz CT molecular complexity index is 863. The van der Waals surface area contributed by atoms with Gasteiger partial charge in [0.2, 0.25) is 0 Å². The van der Waals surface area contributed by atoms with Crippen LogP contribution in [0.4, 0.5) is 18.9 Å². The Morgan fingerprint density at radius 2 is 1.80 bits per heavy atom. The molecular formula is C16H13F3N2O4. The molecule has 0 atom stereocenters. The Morgan fingerprint density at radius 3 is 2.32 bits per heavy atom. The van der Waals surface area contributed by atoms with Gasteiger partial charge in [0, 0.05) is 5.56 Å². The van der Waals surface area contributed by atoms with Crippen molar-refractivity contribution in [1.82, 2.24) is 4.98 Å². The number of hydrogen-bond acceptors (Lipinski definition) is 5. The fourth-order valence-corrected chi connectivity index (χ4v) is 2.63. The van der Waals surface area contributed by atoms with Gasteiger partial charge in [-0.3, -0.25) is 15.1 Å². The third-order valence-corrected chi connectivity index (χ3v) is 3.60. The number of nitro groups is 1. The van der Waals surface area contributed by atoms with Gasteiger partial charge in [-0.15, -0.1) is 0 Å². The lowest BCUT2D eigenvalue weighted by molar-refractivity contribution is -0.385. The standard InChI is InChI=1S/C16H13F3N2O4/c1-8-12(15(22)25-3)13(14(21(23)24)9(2)20-8)10-6-4-5-7-11(10)16(17,18)19/h4-7H,1-3H3. The van der Waals surface area contributed by atoms with E-state index in [1.807, 2.05) is 0 Å². The lowest BCUT2D eigenvalue weighted by atomic mass is 9.92. The highest BCUT2D eigenvalue weighted by Crippen LogP contribution is 2.43. The molecule has 0 spiro atoms. The zero-order valence-corrected chi connectivity index (χ0v) is 13.5. The highest BCUT2D eigenvalue weighted by molar-refractivity contribution is 6.01. The second kappa shape index (κ2) is 6.50. The van der Waals surface area contributed by atoms with Gasteiger partial charge in [0.05, 0.1) is 34.4 Å². The first-order chi connectivity index (χ1) is 11.6. The zero-order valence-electron chi connectivity index (χ0n) is 13.5. The van der Waals surface area contributed by atoms with Crippen LogP contribution in [0.1, 0.15) is 27.3 Å². The lowest BCUT2D eigenvalue weighted by Crippen LogP contribution is -2.14. The number of hydrogen-bond donors (Lipinski definition) is 0. The largest absolute Gasteiger partial charge is 0.465 e. The van der Waals surface area contributed by atoms with Crippen molar-refractivity contribution in [3.8, 4) is 11.1 Å². The maximum Gasteiger partial charge on any atom is 0.417 e. The number of pyridine rings is 1. The second-order valence-corrected chi connectivity index (χ2v) is 5.17. The van der Waals surface area contributed by atoms with Gasteiger partial charge in [-0.2, -0.15) is 13.2 Å². The zero-order chi connectivity index (χ0) is 18.9. The number of aromatic nitrogens is 1. The van der Waals surface area contributed by atoms with E-state index in [9.17, 15) is 28.1 Å². The molecule has 0 saturated heterocycles. The van der Waals surface area contributed by atoms with Gasteiger partial charge in [0.15, 0.2) is 0 Å². The molecule has 0 aliphatic rings. The fraction of sp³-hybridized carbons (Fsp3) is 0.250. The van der Waals surface area contributed by atoms with Gasteiger partial charge in [-0.05, 0) is 19.9 Å². The van der Waals surface area contributed by atoms with E-state index in [0.29, 0.717) is 0 Å². The van der Waals surface area contributed by atoms with Gasteiger partial charge >= 0.3 is 12.1 Å². The lowest BCUT2D eigenvalue weighted by Gasteiger charge is -2.17. The number of carbonyl (C=O) groups is 1. The summed E-state index contributed by atoms with van der Waals surface area (Å²) in [7, 11) is 1.03. The van der Waals surface area contributed by atoms with Crippen molar-refractivity contribution >= 4 is 11.7 Å². The molecule has 6 nitrogen and oxygen atoms in total. The quantitative estimate of drug-likeness (QED) is 0.471. The second-order valence-electron chi connectivity index (χ2n) is 5.17. The van der Waals surface area contributed by atoms with Crippen molar-refractivity contribution in [1.29, 1.82) is 0 Å². The number of ether oxygens (including phenoxy) is 1. The van der Waals surface area contributed by atoms with Gasteiger partial charge in [0.1, 0.15) is 5.69 Å². The minimum Gasteiger partial charge on any atom is -0.465 e. The molecule has 0 unspecified atom stereocenters. The molecule has 0 amide bonds. The minimum atomic E-state index is -4.76. The van der Waals surface area contributed by atoms with Crippen LogP contribution in [0.25, 0.3) is 11.1 Å². The highest BCUT2D eigenvalue weighted by atomic mass is 19.4. The summed E-state index contributed by atoms with van der Waals surface area (Å²) in [4.78, 5) is 26.7. The monoisotopic (exact) mass is 354 g/mol. The molecule has 1 aromatic heterocycles. The normalized spacial score (nSPS) is 11.3. The average molecular weight is 354 g/mol. The summed E-state index contributed by atoms with van der Waals surface area (Å²) in [5, 5.41) is 11.5. The number of methoxy groups -OCH3 is 1. The third kappa shape index (κ3) is 3.30. The third-order valence-electron chi connectivity index (χ3n) is 3.60. The van der Waals surface area contributed by atoms with E-state index >= 15 is 0 Å². The van der Waals surface area contributed by atoms with Crippen LogP contribution in [-0.2, 0) is 10.9 Å². The summed E-state index contributed by atoms with van der Waals surface area (Å²) in [6.45, 7) is 2.68. The molecule has 0 N–H and O–H groups in total. The smallest absolute Gasteiger partial charge is 0.417 e. The summed E-state index contributed by atoms with van der Waals surface area (Å²) in [5.74, 6) is -1.000. The van der Waals surface area contributed by atoms with Crippen molar-refractivity contribution in [2.24, 2.45) is 0 Å². The molecule has 2 aromatic rings. The summed E-state index contributed by atoms with van der Waals surface area (Å²) in [5.41, 5.74) is -3.10. The Balaban J connectivity index is 3.04. The van der Waals surface area contributed by atoms with Crippen LogP contribution < -0.4 is 0 Å². The van der Waals surface area contributed by atoms with Gasteiger partial charge in [-0.1, -0.05) is 18.2 Å². The maximum absolute atomic E-state index is 13.4. The molecule has 1 heterocycles. The minimum absolute atomic E-state index is 0.0435. The van der Waals surface area contributed by atoms with Crippen molar-refractivity contribution < 1.29 is 27.6 Å². The van der Waals surface area contributed by atoms with Crippen LogP contribution in [-0.4, -0.2) is 23.0 Å². The van der Waals surface area contributed by atoms with Crippen molar-refractivity contribution in [3.05, 3.63) is 56.9 Å². The summed E-state index contributed by atoms with van der Waals surface area (Å²) < 4.78 is 44.7. The predicted molar refractivity (Wildman–Crippen MR) is 82.1 cm³/mol. The molecule has 0 radical (unpaired) electrons. The predicted octanol–water partition coefficient (Wildman–Crippen LogP) is 4.08. The first-order valence-corrected chi connectivity index (χ1v) is 7.00. The molecule has 0 bridgehead atoms. The number of halogens is 3. The van der Waals surface area contributed by atoms with E-state index in [1.54, 1.807) is 0 Å². The Hall–Kier alpha value is -2.97. The molecule has 1 aromatic carbocycles. The maximum atomic E-state index is 13.4. The Morgan fingerprint density at radius 1 is 1.20 bits per heavy atom. The fourth-order valence-electron chi connectivity index (χ4n) is 2.63. The van der Waals surface area contributed by atoms with Crippen LogP contribution in [0.2, 0.25) is 0 Å². The number of carbonyl (C=O) groups excluding carboxylic acids is 1. The SMILES string of the molecule is COC(=O)c1c(C)nc(C)c([N+](=O)[O-])c1-c1ccccc1C(F)(F)F. The molecule has 9 heteroatoms. The van der Waals surface area contributed by atoms with E-state index in [4.69, 9.17) is 0 Å². The molecule has 2 rings (SSSR count). The molecule has 0 fully saturated rings. The van der Waals surface area contributed by atoms with Crippen LogP contribution in [0.5, 0.6) is 0 Å². The Labute approximate surface area is 140 Å². The first-order valence-electron chi connectivity index (χ1n) is 7.00. The molecule has 25 heavy (non-hydrogen) atoms. The molecule has 0 aliphatic heterocycles. The van der Waals surface area contributed by atoms with E-state index in [-0.39, 0.29) is 17.0 Å². The van der Waals surface area contributed by atoms with Gasteiger partial charge < -0.3 is 4.74 Å². The number of esters is 1. The van der Waals surface area contributed by atoms with E-state index in [0.717, 1.165) is 25.3 Å². The number of rotatable bonds is 3. The van der Waals surface area contributed by atoms with Crippen LogP contribution in [0.3, 0.4) is 0 Å².